The molecule has 1 aromatic carbocycles. The van der Waals surface area contributed by atoms with Gasteiger partial charge in [0.2, 0.25) is 0 Å². The van der Waals surface area contributed by atoms with Crippen molar-refractivity contribution >= 4 is 11.7 Å². The van der Waals surface area contributed by atoms with Gasteiger partial charge < -0.3 is 28.7 Å². The zero-order valence-electron chi connectivity index (χ0n) is 30.6. The number of carbonyl (C=O) groups is 1. The number of pyridine rings is 1. The van der Waals surface area contributed by atoms with Gasteiger partial charge in [0.1, 0.15) is 35.3 Å². The van der Waals surface area contributed by atoms with E-state index in [1.165, 1.54) is 30.1 Å². The third kappa shape index (κ3) is 8.14. The van der Waals surface area contributed by atoms with E-state index < -0.39 is 5.82 Å². The highest BCUT2D eigenvalue weighted by molar-refractivity contribution is 5.97. The smallest absolute Gasteiger partial charge is 0.282 e. The van der Waals surface area contributed by atoms with E-state index in [0.29, 0.717) is 45.3 Å². The zero-order chi connectivity index (χ0) is 36.1. The van der Waals surface area contributed by atoms with Gasteiger partial charge in [-0.3, -0.25) is 19.6 Å². The summed E-state index contributed by atoms with van der Waals surface area (Å²) >= 11 is 0. The second kappa shape index (κ2) is 16.4. The number of aromatic nitrogens is 4. The Kier molecular flexibility index (Phi) is 11.4. The highest BCUT2D eigenvalue weighted by Gasteiger charge is 2.45. The number of halogens is 1. The molecule has 13 nitrogen and oxygen atoms in total. The monoisotopic (exact) mass is 718 g/mol. The fraction of sp³-hybridized carbons (Fsp3) is 0.605. The second-order valence-corrected chi connectivity index (χ2v) is 14.4. The number of nitrogens with zero attached hydrogens (tertiary/aromatic N) is 8. The minimum absolute atomic E-state index is 0.00993. The van der Waals surface area contributed by atoms with Gasteiger partial charge in [0.05, 0.1) is 25.4 Å². The average molecular weight is 719 g/mol. The molecule has 4 aliphatic rings. The zero-order valence-corrected chi connectivity index (χ0v) is 30.6. The van der Waals surface area contributed by atoms with Gasteiger partial charge in [0.25, 0.3) is 11.8 Å². The number of rotatable bonds is 13. The number of hydrogen-bond acceptors (Lipinski definition) is 12. The SMILES string of the molecule is CCC(C)N(CC)C(=O)c1cc(F)ccc1Oc1nncnc1N1CCC(Oc2ccnc3c2CN(CCCN2CC4(COCCO4)C2)CC3)CC1. The Morgan fingerprint density at radius 3 is 2.67 bits per heavy atom. The molecular weight excluding hydrogens is 667 g/mol. The van der Waals surface area contributed by atoms with E-state index >= 15 is 0 Å². The first-order chi connectivity index (χ1) is 25.3. The van der Waals surface area contributed by atoms with E-state index in [-0.39, 0.29) is 40.8 Å². The van der Waals surface area contributed by atoms with E-state index in [9.17, 15) is 9.18 Å². The van der Waals surface area contributed by atoms with Crippen LogP contribution in [0.3, 0.4) is 0 Å². The number of amides is 1. The van der Waals surface area contributed by atoms with Crippen molar-refractivity contribution < 1.29 is 28.1 Å². The normalized spacial score (nSPS) is 19.9. The summed E-state index contributed by atoms with van der Waals surface area (Å²) in [6, 6.07) is 5.95. The van der Waals surface area contributed by atoms with Crippen LogP contribution in [0.25, 0.3) is 0 Å². The molecule has 280 valence electrons. The minimum Gasteiger partial charge on any atom is -0.490 e. The fourth-order valence-corrected chi connectivity index (χ4v) is 7.81. The van der Waals surface area contributed by atoms with Gasteiger partial charge in [-0.05, 0) is 64.0 Å². The molecule has 7 rings (SSSR count). The molecule has 0 saturated carbocycles. The van der Waals surface area contributed by atoms with Gasteiger partial charge in [-0.1, -0.05) is 6.92 Å². The quantitative estimate of drug-likeness (QED) is 0.250. The second-order valence-electron chi connectivity index (χ2n) is 14.4. The van der Waals surface area contributed by atoms with Gasteiger partial charge in [0, 0.05) is 88.6 Å². The molecule has 2 aromatic heterocycles. The van der Waals surface area contributed by atoms with E-state index in [4.69, 9.17) is 23.9 Å². The Labute approximate surface area is 305 Å². The molecule has 0 bridgehead atoms. The van der Waals surface area contributed by atoms with Crippen molar-refractivity contribution in [1.29, 1.82) is 0 Å². The van der Waals surface area contributed by atoms with Gasteiger partial charge in [-0.15, -0.1) is 10.2 Å². The lowest BCUT2D eigenvalue weighted by atomic mass is 9.94. The summed E-state index contributed by atoms with van der Waals surface area (Å²) in [7, 11) is 0. The molecule has 52 heavy (non-hydrogen) atoms. The third-order valence-corrected chi connectivity index (χ3v) is 10.8. The van der Waals surface area contributed by atoms with Crippen LogP contribution in [-0.2, 0) is 22.4 Å². The molecule has 1 amide bonds. The lowest BCUT2D eigenvalue weighted by Gasteiger charge is -2.51. The van der Waals surface area contributed by atoms with Crippen LogP contribution in [0, 0.1) is 5.82 Å². The third-order valence-electron chi connectivity index (χ3n) is 10.8. The summed E-state index contributed by atoms with van der Waals surface area (Å²) in [4.78, 5) is 31.6. The van der Waals surface area contributed by atoms with E-state index in [1.54, 1.807) is 4.90 Å². The first-order valence-electron chi connectivity index (χ1n) is 18.9. The van der Waals surface area contributed by atoms with Crippen LogP contribution in [0.1, 0.15) is 68.1 Å². The van der Waals surface area contributed by atoms with Gasteiger partial charge in [0.15, 0.2) is 5.82 Å². The first kappa shape index (κ1) is 36.4. The summed E-state index contributed by atoms with van der Waals surface area (Å²) in [5, 5.41) is 8.20. The summed E-state index contributed by atoms with van der Waals surface area (Å²) in [5.74, 6) is 1.02. The number of likely N-dealkylation sites (tertiary alicyclic amines) is 1. The Morgan fingerprint density at radius 2 is 1.90 bits per heavy atom. The van der Waals surface area contributed by atoms with Crippen LogP contribution in [0.4, 0.5) is 10.2 Å². The van der Waals surface area contributed by atoms with Crippen molar-refractivity contribution in [3.63, 3.8) is 0 Å². The van der Waals surface area contributed by atoms with E-state index in [2.05, 4.69) is 29.9 Å². The van der Waals surface area contributed by atoms with Crippen molar-refractivity contribution in [1.82, 2.24) is 34.9 Å². The van der Waals surface area contributed by atoms with Crippen molar-refractivity contribution in [2.45, 2.75) is 77.2 Å². The fourth-order valence-electron chi connectivity index (χ4n) is 7.81. The minimum atomic E-state index is -0.514. The molecule has 6 heterocycles. The highest BCUT2D eigenvalue weighted by atomic mass is 19.1. The molecule has 1 unspecified atom stereocenters. The van der Waals surface area contributed by atoms with Crippen LogP contribution in [0.15, 0.2) is 36.8 Å². The number of benzene rings is 1. The molecule has 0 radical (unpaired) electrons. The van der Waals surface area contributed by atoms with Crippen LogP contribution in [-0.4, -0.2) is 131 Å². The number of hydrogen-bond donors (Lipinski definition) is 0. The standard InChI is InChI=1S/C38H51FN8O5/c1-4-27(3)47(5-2)37(48)30-21-28(39)7-8-33(30)52-36-35(41-26-42-43-36)46-17-10-29(11-18-46)51-34-9-13-40-32-12-16-44(22-31(32)34)14-6-15-45-23-38(24-45)25-49-19-20-50-38/h7-9,13,21,26-27,29H,4-6,10-12,14-20,22-25H2,1-3H3. The number of piperidine rings is 1. The lowest BCUT2D eigenvalue weighted by molar-refractivity contribution is -0.216. The molecular formula is C38H51FN8O5. The van der Waals surface area contributed by atoms with Crippen LogP contribution in [0.5, 0.6) is 17.4 Å². The summed E-state index contributed by atoms with van der Waals surface area (Å²) < 4.78 is 38.9. The van der Waals surface area contributed by atoms with Crippen molar-refractivity contribution in [2.24, 2.45) is 0 Å². The lowest BCUT2D eigenvalue weighted by Crippen LogP contribution is -2.67. The van der Waals surface area contributed by atoms with Crippen LogP contribution >= 0.6 is 0 Å². The molecule has 3 saturated heterocycles. The number of ether oxygens (including phenoxy) is 4. The molecule has 1 atom stereocenters. The Morgan fingerprint density at radius 1 is 1.08 bits per heavy atom. The van der Waals surface area contributed by atoms with Gasteiger partial charge in [-0.25, -0.2) is 9.37 Å². The summed E-state index contributed by atoms with van der Waals surface area (Å²) in [6.45, 7) is 15.7. The molecule has 3 fully saturated rings. The number of anilines is 1. The van der Waals surface area contributed by atoms with Gasteiger partial charge >= 0.3 is 0 Å². The van der Waals surface area contributed by atoms with E-state index in [0.717, 1.165) is 82.8 Å². The van der Waals surface area contributed by atoms with Crippen molar-refractivity contribution in [2.75, 3.05) is 77.1 Å². The van der Waals surface area contributed by atoms with Crippen LogP contribution < -0.4 is 14.4 Å². The van der Waals surface area contributed by atoms with Crippen molar-refractivity contribution in [3.8, 4) is 17.4 Å². The highest BCUT2D eigenvalue weighted by Crippen LogP contribution is 2.35. The summed E-state index contributed by atoms with van der Waals surface area (Å²) in [6.07, 6.45) is 7.64. The Balaban J connectivity index is 0.943. The molecule has 3 aromatic rings. The van der Waals surface area contributed by atoms with E-state index in [1.807, 2.05) is 33.0 Å². The summed E-state index contributed by atoms with van der Waals surface area (Å²) in [5.41, 5.74) is 2.39. The molecule has 0 aliphatic carbocycles. The molecule has 0 N–H and O–H groups in total. The predicted molar refractivity (Wildman–Crippen MR) is 192 cm³/mol. The molecule has 4 aliphatic heterocycles. The maximum Gasteiger partial charge on any atom is 0.282 e. The Hall–Kier alpha value is -3.98. The number of fused-ring (bicyclic) bond motifs is 1. The average Bonchev–Trinajstić information content (AvgIpc) is 3.16. The number of carbonyl (C=O) groups excluding carboxylic acids is 1. The molecule has 1 spiro atoms. The topological polar surface area (TPSA) is 119 Å². The maximum absolute atomic E-state index is 14.4. The molecule has 14 heteroatoms. The largest absolute Gasteiger partial charge is 0.490 e. The first-order valence-corrected chi connectivity index (χ1v) is 18.9. The van der Waals surface area contributed by atoms with Crippen LogP contribution in [0.2, 0.25) is 0 Å². The maximum atomic E-state index is 14.4. The Bertz CT molecular complexity index is 1680. The van der Waals surface area contributed by atoms with Crippen molar-refractivity contribution in [3.05, 3.63) is 59.4 Å². The predicted octanol–water partition coefficient (Wildman–Crippen LogP) is 4.36. The van der Waals surface area contributed by atoms with Gasteiger partial charge in [-0.2, -0.15) is 0 Å².